The number of amides is 2. The molecule has 0 saturated carbocycles. The van der Waals surface area contributed by atoms with Gasteiger partial charge in [-0.05, 0) is 24.3 Å². The number of nitrogens with one attached hydrogen (secondary N) is 1. The van der Waals surface area contributed by atoms with E-state index in [2.05, 4.69) is 26.1 Å². The molecule has 2 fully saturated rings. The lowest BCUT2D eigenvalue weighted by molar-refractivity contribution is 0.108. The van der Waals surface area contributed by atoms with Crippen LogP contribution in [0.2, 0.25) is 0 Å². The third-order valence-electron chi connectivity index (χ3n) is 3.81. The van der Waals surface area contributed by atoms with Gasteiger partial charge >= 0.3 is 6.03 Å². The van der Waals surface area contributed by atoms with E-state index in [1.165, 1.54) is 0 Å². The Labute approximate surface area is 127 Å². The molecule has 6 heteroatoms. The molecule has 0 aliphatic carbocycles. The highest BCUT2D eigenvalue weighted by Gasteiger charge is 2.35. The topological polar surface area (TPSA) is 44.8 Å². The van der Waals surface area contributed by atoms with Crippen LogP contribution in [0.15, 0.2) is 28.7 Å². The van der Waals surface area contributed by atoms with Crippen molar-refractivity contribution in [1.82, 2.24) is 15.1 Å². The molecule has 0 spiro atoms. The molecule has 2 aliphatic heterocycles. The number of hydrogen-bond donors (Lipinski definition) is 1. The van der Waals surface area contributed by atoms with Crippen LogP contribution in [0.5, 0.6) is 5.75 Å². The molecule has 2 aliphatic rings. The molecule has 0 bridgehead atoms. The molecule has 1 N–H and O–H groups in total. The molecule has 1 aromatic carbocycles. The Morgan fingerprint density at radius 2 is 2.10 bits per heavy atom. The summed E-state index contributed by atoms with van der Waals surface area (Å²) < 4.78 is 6.79. The van der Waals surface area contributed by atoms with Gasteiger partial charge in [0.15, 0.2) is 0 Å². The number of ether oxygens (including phenoxy) is 1. The van der Waals surface area contributed by atoms with Crippen molar-refractivity contribution in [2.45, 2.75) is 6.04 Å². The van der Waals surface area contributed by atoms with Gasteiger partial charge in [-0.2, -0.15) is 0 Å². The first-order chi connectivity index (χ1) is 9.72. The Balaban J connectivity index is 1.43. The first kappa shape index (κ1) is 13.7. The van der Waals surface area contributed by atoms with Gasteiger partial charge < -0.3 is 15.0 Å². The lowest BCUT2D eigenvalue weighted by Crippen LogP contribution is -2.52. The predicted molar refractivity (Wildman–Crippen MR) is 80.0 cm³/mol. The Morgan fingerprint density at radius 1 is 1.30 bits per heavy atom. The fourth-order valence-corrected chi connectivity index (χ4v) is 2.96. The summed E-state index contributed by atoms with van der Waals surface area (Å²) in [4.78, 5) is 15.8. The van der Waals surface area contributed by atoms with Gasteiger partial charge in [-0.25, -0.2) is 4.79 Å². The summed E-state index contributed by atoms with van der Waals surface area (Å²) in [7, 11) is 0. The zero-order chi connectivity index (χ0) is 13.9. The zero-order valence-electron chi connectivity index (χ0n) is 11.2. The van der Waals surface area contributed by atoms with Gasteiger partial charge in [-0.1, -0.05) is 15.9 Å². The number of rotatable bonds is 4. The summed E-state index contributed by atoms with van der Waals surface area (Å²) in [5.74, 6) is 0.893. The van der Waals surface area contributed by atoms with Crippen molar-refractivity contribution in [1.29, 1.82) is 0 Å². The van der Waals surface area contributed by atoms with E-state index in [0.29, 0.717) is 12.6 Å². The second-order valence-electron chi connectivity index (χ2n) is 5.14. The standard InChI is InChI=1S/C14H18BrN3O2/c15-11-1-3-13(4-2-11)20-8-7-17-5-6-18-12(10-17)9-16-14(18)19/h1-4,12H,5-10H2,(H,16,19). The molecular formula is C14H18BrN3O2. The Hall–Kier alpha value is -1.27. The normalized spacial score (nSPS) is 22.6. The van der Waals surface area contributed by atoms with E-state index in [9.17, 15) is 4.79 Å². The van der Waals surface area contributed by atoms with Crippen molar-refractivity contribution in [2.24, 2.45) is 0 Å². The van der Waals surface area contributed by atoms with Gasteiger partial charge in [-0.3, -0.25) is 4.90 Å². The fraction of sp³-hybridized carbons (Fsp3) is 0.500. The smallest absolute Gasteiger partial charge is 0.317 e. The van der Waals surface area contributed by atoms with Crippen LogP contribution < -0.4 is 10.1 Å². The minimum absolute atomic E-state index is 0.0840. The maximum Gasteiger partial charge on any atom is 0.317 e. The van der Waals surface area contributed by atoms with E-state index in [0.717, 1.165) is 42.9 Å². The van der Waals surface area contributed by atoms with Crippen LogP contribution >= 0.6 is 15.9 Å². The SMILES string of the molecule is O=C1NCC2CN(CCOc3ccc(Br)cc3)CCN12. The number of carbonyl (C=O) groups is 1. The highest BCUT2D eigenvalue weighted by molar-refractivity contribution is 9.10. The third-order valence-corrected chi connectivity index (χ3v) is 4.34. The van der Waals surface area contributed by atoms with Crippen LogP contribution in [-0.4, -0.2) is 61.2 Å². The average molecular weight is 340 g/mol. The maximum atomic E-state index is 11.5. The number of piperazine rings is 1. The van der Waals surface area contributed by atoms with Gasteiger partial charge in [0.05, 0.1) is 6.04 Å². The summed E-state index contributed by atoms with van der Waals surface area (Å²) in [6, 6.07) is 8.28. The first-order valence-corrected chi connectivity index (χ1v) is 7.67. The summed E-state index contributed by atoms with van der Waals surface area (Å²) in [6.45, 7) is 5.01. The minimum atomic E-state index is 0.0840. The van der Waals surface area contributed by atoms with Crippen molar-refractivity contribution in [3.8, 4) is 5.75 Å². The van der Waals surface area contributed by atoms with Crippen molar-refractivity contribution in [3.05, 3.63) is 28.7 Å². The van der Waals surface area contributed by atoms with Crippen LogP contribution in [0.1, 0.15) is 0 Å². The fourth-order valence-electron chi connectivity index (χ4n) is 2.69. The second kappa shape index (κ2) is 6.01. The quantitative estimate of drug-likeness (QED) is 0.904. The average Bonchev–Trinajstić information content (AvgIpc) is 2.82. The first-order valence-electron chi connectivity index (χ1n) is 6.87. The van der Waals surface area contributed by atoms with E-state index >= 15 is 0 Å². The minimum Gasteiger partial charge on any atom is -0.492 e. The largest absolute Gasteiger partial charge is 0.492 e. The predicted octanol–water partition coefficient (Wildman–Crippen LogP) is 1.54. The highest BCUT2D eigenvalue weighted by Crippen LogP contribution is 2.17. The van der Waals surface area contributed by atoms with Crippen LogP contribution in [0, 0.1) is 0 Å². The number of benzene rings is 1. The highest BCUT2D eigenvalue weighted by atomic mass is 79.9. The monoisotopic (exact) mass is 339 g/mol. The van der Waals surface area contributed by atoms with Crippen LogP contribution in [-0.2, 0) is 0 Å². The van der Waals surface area contributed by atoms with Gasteiger partial charge in [-0.15, -0.1) is 0 Å². The van der Waals surface area contributed by atoms with Crippen LogP contribution in [0.3, 0.4) is 0 Å². The van der Waals surface area contributed by atoms with Crippen LogP contribution in [0.4, 0.5) is 4.79 Å². The number of halogens is 1. The maximum absolute atomic E-state index is 11.5. The van der Waals surface area contributed by atoms with E-state index in [-0.39, 0.29) is 6.03 Å². The summed E-state index contributed by atoms with van der Waals surface area (Å²) in [6.07, 6.45) is 0. The molecule has 1 atom stereocenters. The van der Waals surface area contributed by atoms with Gasteiger partial charge in [0, 0.05) is 37.2 Å². The summed E-state index contributed by atoms with van der Waals surface area (Å²) in [5.41, 5.74) is 0. The number of carbonyl (C=O) groups excluding carboxylic acids is 1. The molecule has 5 nitrogen and oxygen atoms in total. The second-order valence-corrected chi connectivity index (χ2v) is 6.05. The number of urea groups is 1. The molecule has 2 saturated heterocycles. The van der Waals surface area contributed by atoms with Crippen molar-refractivity contribution < 1.29 is 9.53 Å². The molecular weight excluding hydrogens is 322 g/mol. The Kier molecular flexibility index (Phi) is 4.12. The summed E-state index contributed by atoms with van der Waals surface area (Å²) in [5, 5.41) is 2.89. The van der Waals surface area contributed by atoms with Gasteiger partial charge in [0.25, 0.3) is 0 Å². The number of hydrogen-bond acceptors (Lipinski definition) is 3. The molecule has 3 rings (SSSR count). The van der Waals surface area contributed by atoms with Crippen molar-refractivity contribution in [3.63, 3.8) is 0 Å². The van der Waals surface area contributed by atoms with E-state index < -0.39 is 0 Å². The van der Waals surface area contributed by atoms with Crippen LogP contribution in [0.25, 0.3) is 0 Å². The molecule has 0 radical (unpaired) electrons. The molecule has 0 aromatic heterocycles. The number of nitrogens with zero attached hydrogens (tertiary/aromatic N) is 2. The molecule has 1 aromatic rings. The molecule has 20 heavy (non-hydrogen) atoms. The van der Waals surface area contributed by atoms with Crippen molar-refractivity contribution >= 4 is 22.0 Å². The Bertz CT molecular complexity index is 480. The zero-order valence-corrected chi connectivity index (χ0v) is 12.8. The van der Waals surface area contributed by atoms with Gasteiger partial charge in [0.2, 0.25) is 0 Å². The third kappa shape index (κ3) is 3.07. The lowest BCUT2D eigenvalue weighted by Gasteiger charge is -2.36. The molecule has 2 heterocycles. The van der Waals surface area contributed by atoms with Gasteiger partial charge in [0.1, 0.15) is 12.4 Å². The summed E-state index contributed by atoms with van der Waals surface area (Å²) >= 11 is 3.41. The van der Waals surface area contributed by atoms with E-state index in [4.69, 9.17) is 4.74 Å². The number of fused-ring (bicyclic) bond motifs is 1. The van der Waals surface area contributed by atoms with E-state index in [1.807, 2.05) is 29.2 Å². The molecule has 108 valence electrons. The molecule has 2 amide bonds. The molecule has 1 unspecified atom stereocenters. The van der Waals surface area contributed by atoms with Crippen molar-refractivity contribution in [2.75, 3.05) is 39.3 Å². The van der Waals surface area contributed by atoms with E-state index in [1.54, 1.807) is 0 Å². The Morgan fingerprint density at radius 3 is 2.90 bits per heavy atom. The lowest BCUT2D eigenvalue weighted by atomic mass is 10.2.